The van der Waals surface area contributed by atoms with Crippen molar-refractivity contribution < 1.29 is 22.4 Å². The van der Waals surface area contributed by atoms with Crippen LogP contribution >= 0.6 is 11.8 Å². The second-order valence-corrected chi connectivity index (χ2v) is 9.97. The largest absolute Gasteiger partial charge is 0.497 e. The summed E-state index contributed by atoms with van der Waals surface area (Å²) >= 11 is 1.09. The molecule has 3 aromatic carbocycles. The maximum absolute atomic E-state index is 13.0. The molecular formula is C24H22N4O5S2. The highest BCUT2D eigenvalue weighted by Crippen LogP contribution is 2.26. The summed E-state index contributed by atoms with van der Waals surface area (Å²) in [5.74, 6) is 0.649. The number of nitrogens with zero attached hydrogens (tertiary/aromatic N) is 2. The smallest absolute Gasteiger partial charge is 0.277 e. The Balaban J connectivity index is 1.40. The first kappa shape index (κ1) is 24.3. The van der Waals surface area contributed by atoms with Crippen LogP contribution in [0.15, 0.2) is 87.3 Å². The minimum absolute atomic E-state index is 0.0104. The number of aromatic nitrogens is 2. The van der Waals surface area contributed by atoms with E-state index in [1.807, 2.05) is 30.3 Å². The minimum Gasteiger partial charge on any atom is -0.497 e. The van der Waals surface area contributed by atoms with Crippen LogP contribution in [0.4, 0.5) is 11.4 Å². The van der Waals surface area contributed by atoms with E-state index in [-0.39, 0.29) is 21.8 Å². The molecule has 0 saturated carbocycles. The lowest BCUT2D eigenvalue weighted by molar-refractivity contribution is -0.113. The van der Waals surface area contributed by atoms with E-state index < -0.39 is 10.0 Å². The van der Waals surface area contributed by atoms with Crippen LogP contribution in [0, 0.1) is 6.92 Å². The van der Waals surface area contributed by atoms with Crippen molar-refractivity contribution in [3.63, 3.8) is 0 Å². The zero-order chi connectivity index (χ0) is 24.8. The van der Waals surface area contributed by atoms with Crippen LogP contribution in [0.1, 0.15) is 5.56 Å². The SMILES string of the molecule is COc1ccc(NS(=O)(=O)c2cc(NC(=O)CSc3nnc(-c4ccccc4)o3)ccc2C)cc1. The standard InChI is InChI=1S/C24H22N4O5S2/c1-16-8-9-19(14-21(16)35(30,31)28-18-10-12-20(32-2)13-11-18)25-22(29)15-34-24-27-26-23(33-24)17-6-4-3-5-7-17/h3-14,28H,15H2,1-2H3,(H,25,29). The predicted molar refractivity (Wildman–Crippen MR) is 134 cm³/mol. The third kappa shape index (κ3) is 6.19. The topological polar surface area (TPSA) is 123 Å². The van der Waals surface area contributed by atoms with E-state index in [1.165, 1.54) is 13.2 Å². The molecule has 4 rings (SSSR count). The van der Waals surface area contributed by atoms with Crippen LogP contribution in [0.25, 0.3) is 11.5 Å². The lowest BCUT2D eigenvalue weighted by Gasteiger charge is -2.13. The second-order valence-electron chi connectivity index (χ2n) is 7.39. The molecule has 1 heterocycles. The first-order valence-electron chi connectivity index (χ1n) is 10.4. The van der Waals surface area contributed by atoms with Crippen molar-refractivity contribution in [2.45, 2.75) is 17.0 Å². The van der Waals surface area contributed by atoms with Gasteiger partial charge in [-0.15, -0.1) is 10.2 Å². The summed E-state index contributed by atoms with van der Waals surface area (Å²) in [6, 6.07) is 20.5. The van der Waals surface area contributed by atoms with Gasteiger partial charge in [0.2, 0.25) is 11.8 Å². The van der Waals surface area contributed by atoms with Gasteiger partial charge in [-0.25, -0.2) is 8.42 Å². The van der Waals surface area contributed by atoms with Gasteiger partial charge in [-0.2, -0.15) is 0 Å². The van der Waals surface area contributed by atoms with Gasteiger partial charge in [0.25, 0.3) is 15.2 Å². The van der Waals surface area contributed by atoms with Crippen molar-refractivity contribution in [3.8, 4) is 17.2 Å². The molecule has 0 aliphatic carbocycles. The number of anilines is 2. The number of thioether (sulfide) groups is 1. The molecule has 11 heteroatoms. The first-order valence-corrected chi connectivity index (χ1v) is 12.9. The normalized spacial score (nSPS) is 11.1. The van der Waals surface area contributed by atoms with E-state index >= 15 is 0 Å². The van der Waals surface area contributed by atoms with Crippen molar-refractivity contribution >= 4 is 39.1 Å². The molecule has 9 nitrogen and oxygen atoms in total. The number of aryl methyl sites for hydroxylation is 1. The number of ether oxygens (including phenoxy) is 1. The average Bonchev–Trinajstić information content (AvgIpc) is 3.34. The molecule has 0 aliphatic heterocycles. The van der Waals surface area contributed by atoms with Gasteiger partial charge in [-0.1, -0.05) is 36.0 Å². The quantitative estimate of drug-likeness (QED) is 0.314. The third-order valence-corrected chi connectivity index (χ3v) is 7.20. The Morgan fingerprint density at radius 2 is 1.71 bits per heavy atom. The minimum atomic E-state index is -3.88. The Kier molecular flexibility index (Phi) is 7.37. The molecule has 1 aromatic heterocycles. The van der Waals surface area contributed by atoms with Crippen molar-refractivity contribution in [2.24, 2.45) is 0 Å². The summed E-state index contributed by atoms with van der Waals surface area (Å²) in [6.45, 7) is 1.68. The van der Waals surface area contributed by atoms with E-state index in [2.05, 4.69) is 20.2 Å². The molecule has 0 fully saturated rings. The zero-order valence-corrected chi connectivity index (χ0v) is 20.5. The van der Waals surface area contributed by atoms with Crippen LogP contribution in [0.3, 0.4) is 0 Å². The molecular weight excluding hydrogens is 488 g/mol. The molecule has 4 aromatic rings. The van der Waals surface area contributed by atoms with E-state index in [0.717, 1.165) is 17.3 Å². The molecule has 1 amide bonds. The zero-order valence-electron chi connectivity index (χ0n) is 18.9. The highest BCUT2D eigenvalue weighted by atomic mass is 32.2. The average molecular weight is 511 g/mol. The van der Waals surface area contributed by atoms with E-state index in [0.29, 0.717) is 28.6 Å². The maximum atomic E-state index is 13.0. The molecule has 0 bridgehead atoms. The van der Waals surface area contributed by atoms with Gasteiger partial charge in [0.05, 0.1) is 17.8 Å². The Morgan fingerprint density at radius 3 is 2.43 bits per heavy atom. The van der Waals surface area contributed by atoms with Crippen LogP contribution in [-0.2, 0) is 14.8 Å². The molecule has 180 valence electrons. The van der Waals surface area contributed by atoms with Crippen LogP contribution in [0.2, 0.25) is 0 Å². The fraction of sp³-hybridized carbons (Fsp3) is 0.125. The van der Waals surface area contributed by atoms with Crippen LogP contribution in [0.5, 0.6) is 5.75 Å². The number of methoxy groups -OCH3 is 1. The van der Waals surface area contributed by atoms with Crippen molar-refractivity contribution in [3.05, 3.63) is 78.4 Å². The number of carbonyl (C=O) groups excluding carboxylic acids is 1. The molecule has 0 aliphatic rings. The predicted octanol–water partition coefficient (Wildman–Crippen LogP) is 4.59. The number of hydrogen-bond acceptors (Lipinski definition) is 8. The van der Waals surface area contributed by atoms with Gasteiger partial charge in [0.15, 0.2) is 0 Å². The number of sulfonamides is 1. The Hall–Kier alpha value is -3.83. The molecule has 2 N–H and O–H groups in total. The highest BCUT2D eigenvalue weighted by Gasteiger charge is 2.19. The third-order valence-electron chi connectivity index (χ3n) is 4.86. The summed E-state index contributed by atoms with van der Waals surface area (Å²) in [5.41, 5.74) is 2.07. The fourth-order valence-corrected chi connectivity index (χ4v) is 5.02. The van der Waals surface area contributed by atoms with E-state index in [9.17, 15) is 13.2 Å². The van der Waals surface area contributed by atoms with Crippen LogP contribution < -0.4 is 14.8 Å². The number of carbonyl (C=O) groups is 1. The van der Waals surface area contributed by atoms with Crippen molar-refractivity contribution in [1.29, 1.82) is 0 Å². The van der Waals surface area contributed by atoms with Gasteiger partial charge < -0.3 is 14.5 Å². The summed E-state index contributed by atoms with van der Waals surface area (Å²) < 4.78 is 39.1. The van der Waals surface area contributed by atoms with Gasteiger partial charge >= 0.3 is 0 Å². The van der Waals surface area contributed by atoms with Crippen molar-refractivity contribution in [1.82, 2.24) is 10.2 Å². The van der Waals surface area contributed by atoms with Gasteiger partial charge in [-0.3, -0.25) is 9.52 Å². The van der Waals surface area contributed by atoms with Gasteiger partial charge in [-0.05, 0) is 61.0 Å². The van der Waals surface area contributed by atoms with E-state index in [1.54, 1.807) is 43.3 Å². The molecule has 35 heavy (non-hydrogen) atoms. The number of rotatable bonds is 9. The summed E-state index contributed by atoms with van der Waals surface area (Å²) in [4.78, 5) is 12.5. The van der Waals surface area contributed by atoms with E-state index in [4.69, 9.17) is 9.15 Å². The summed E-state index contributed by atoms with van der Waals surface area (Å²) in [6.07, 6.45) is 0. The highest BCUT2D eigenvalue weighted by molar-refractivity contribution is 7.99. The number of hydrogen-bond donors (Lipinski definition) is 2. The number of nitrogens with one attached hydrogen (secondary N) is 2. The van der Waals surface area contributed by atoms with Gasteiger partial charge in [0.1, 0.15) is 5.75 Å². The maximum Gasteiger partial charge on any atom is 0.277 e. The molecule has 0 atom stereocenters. The summed E-state index contributed by atoms with van der Waals surface area (Å²) in [5, 5.41) is 10.9. The molecule has 0 spiro atoms. The number of benzene rings is 3. The lowest BCUT2D eigenvalue weighted by Crippen LogP contribution is -2.17. The Morgan fingerprint density at radius 1 is 1.00 bits per heavy atom. The number of amides is 1. The fourth-order valence-electron chi connectivity index (χ4n) is 3.13. The Bertz CT molecular complexity index is 1420. The van der Waals surface area contributed by atoms with Gasteiger partial charge in [0, 0.05) is 16.9 Å². The van der Waals surface area contributed by atoms with Crippen molar-refractivity contribution in [2.75, 3.05) is 22.9 Å². The van der Waals surface area contributed by atoms with Crippen LogP contribution in [-0.4, -0.2) is 37.4 Å². The second kappa shape index (κ2) is 10.6. The Labute approximate surface area is 207 Å². The first-order chi connectivity index (χ1) is 16.8. The summed E-state index contributed by atoms with van der Waals surface area (Å²) in [7, 11) is -2.35. The molecule has 0 unspecified atom stereocenters. The molecule has 0 radical (unpaired) electrons. The monoisotopic (exact) mass is 510 g/mol. The lowest BCUT2D eigenvalue weighted by atomic mass is 10.2. The molecule has 0 saturated heterocycles.